The van der Waals surface area contributed by atoms with Crippen molar-refractivity contribution in [2.24, 2.45) is 11.5 Å². The molecule has 0 aromatic rings. The molecule has 0 saturated heterocycles. The van der Waals surface area contributed by atoms with E-state index < -0.39 is 24.3 Å². The van der Waals surface area contributed by atoms with Gasteiger partial charge in [-0.15, -0.1) is 0 Å². The van der Waals surface area contributed by atoms with Gasteiger partial charge in [-0.25, -0.2) is 0 Å². The van der Waals surface area contributed by atoms with Gasteiger partial charge in [-0.3, -0.25) is 0 Å². The first-order valence-electron chi connectivity index (χ1n) is 3.50. The van der Waals surface area contributed by atoms with Crippen molar-refractivity contribution in [3.63, 3.8) is 0 Å². The highest BCUT2D eigenvalue weighted by Gasteiger charge is 2.32. The van der Waals surface area contributed by atoms with Crippen LogP contribution in [-0.4, -0.2) is 34.5 Å². The van der Waals surface area contributed by atoms with E-state index in [2.05, 4.69) is 0 Å². The summed E-state index contributed by atoms with van der Waals surface area (Å²) in [6, 6.07) is -0.938. The van der Waals surface area contributed by atoms with Gasteiger partial charge in [0.25, 0.3) is 0 Å². The SMILES string of the molecule is NC1C(O)CCC(O)C1N. The van der Waals surface area contributed by atoms with Gasteiger partial charge in [-0.1, -0.05) is 0 Å². The third kappa shape index (κ3) is 1.29. The highest BCUT2D eigenvalue weighted by atomic mass is 16.3. The smallest absolute Gasteiger partial charge is 0.0708 e. The van der Waals surface area contributed by atoms with Gasteiger partial charge in [0.15, 0.2) is 0 Å². The Kier molecular flexibility index (Phi) is 2.25. The van der Waals surface area contributed by atoms with Crippen molar-refractivity contribution in [2.45, 2.75) is 37.1 Å². The first kappa shape index (κ1) is 7.94. The molecule has 1 aliphatic carbocycles. The van der Waals surface area contributed by atoms with Gasteiger partial charge >= 0.3 is 0 Å². The highest BCUT2D eigenvalue weighted by molar-refractivity contribution is 4.92. The zero-order valence-corrected chi connectivity index (χ0v) is 5.77. The summed E-state index contributed by atoms with van der Waals surface area (Å²) in [4.78, 5) is 0. The fraction of sp³-hybridized carbons (Fsp3) is 1.00. The zero-order valence-electron chi connectivity index (χ0n) is 5.77. The average molecular weight is 146 g/mol. The molecule has 4 unspecified atom stereocenters. The van der Waals surface area contributed by atoms with Crippen LogP contribution in [0.3, 0.4) is 0 Å². The molecule has 4 nitrogen and oxygen atoms in total. The Labute approximate surface area is 59.8 Å². The van der Waals surface area contributed by atoms with E-state index in [1.807, 2.05) is 0 Å². The average Bonchev–Trinajstić information content (AvgIpc) is 1.93. The van der Waals surface area contributed by atoms with Gasteiger partial charge in [0.05, 0.1) is 12.2 Å². The van der Waals surface area contributed by atoms with Crippen LogP contribution in [0, 0.1) is 0 Å². The van der Waals surface area contributed by atoms with E-state index in [0.29, 0.717) is 12.8 Å². The number of rotatable bonds is 0. The first-order valence-corrected chi connectivity index (χ1v) is 3.50. The lowest BCUT2D eigenvalue weighted by Gasteiger charge is -2.33. The lowest BCUT2D eigenvalue weighted by atomic mass is 9.87. The highest BCUT2D eigenvalue weighted by Crippen LogP contribution is 2.16. The van der Waals surface area contributed by atoms with Gasteiger partial charge in [0.2, 0.25) is 0 Å². The number of aliphatic hydroxyl groups is 2. The van der Waals surface area contributed by atoms with Crippen LogP contribution < -0.4 is 11.5 Å². The third-order valence-electron chi connectivity index (χ3n) is 2.09. The lowest BCUT2D eigenvalue weighted by Crippen LogP contribution is -2.58. The first-order chi connectivity index (χ1) is 4.63. The quantitative estimate of drug-likeness (QED) is 0.323. The molecule has 1 saturated carbocycles. The molecule has 0 amide bonds. The van der Waals surface area contributed by atoms with Crippen LogP contribution in [0.5, 0.6) is 0 Å². The second-order valence-electron chi connectivity index (χ2n) is 2.87. The number of hydrogen-bond acceptors (Lipinski definition) is 4. The van der Waals surface area contributed by atoms with Crippen molar-refractivity contribution in [1.82, 2.24) is 0 Å². The molecule has 6 N–H and O–H groups in total. The van der Waals surface area contributed by atoms with Crippen LogP contribution >= 0.6 is 0 Å². The van der Waals surface area contributed by atoms with Gasteiger partial charge < -0.3 is 21.7 Å². The van der Waals surface area contributed by atoms with Crippen LogP contribution in [0.2, 0.25) is 0 Å². The van der Waals surface area contributed by atoms with Crippen molar-refractivity contribution < 1.29 is 10.2 Å². The molecule has 0 heterocycles. The Morgan fingerprint density at radius 3 is 1.50 bits per heavy atom. The van der Waals surface area contributed by atoms with Gasteiger partial charge in [0.1, 0.15) is 0 Å². The van der Waals surface area contributed by atoms with Crippen LogP contribution in [0.4, 0.5) is 0 Å². The molecule has 0 bridgehead atoms. The maximum Gasteiger partial charge on any atom is 0.0708 e. The fourth-order valence-corrected chi connectivity index (χ4v) is 1.24. The summed E-state index contributed by atoms with van der Waals surface area (Å²) in [7, 11) is 0. The van der Waals surface area contributed by atoms with Crippen molar-refractivity contribution in [3.8, 4) is 0 Å². The molecule has 0 aromatic carbocycles. The molecule has 1 aliphatic rings. The van der Waals surface area contributed by atoms with Crippen molar-refractivity contribution in [2.75, 3.05) is 0 Å². The van der Waals surface area contributed by atoms with Crippen molar-refractivity contribution in [1.29, 1.82) is 0 Å². The predicted octanol–water partition coefficient (Wildman–Crippen LogP) is -1.84. The van der Waals surface area contributed by atoms with E-state index in [1.54, 1.807) is 0 Å². The molecule has 1 rings (SSSR count). The summed E-state index contributed by atoms with van der Waals surface area (Å²) in [6.45, 7) is 0. The molecule has 4 heteroatoms. The summed E-state index contributed by atoms with van der Waals surface area (Å²) in [5.74, 6) is 0. The number of hydrogen-bond donors (Lipinski definition) is 4. The summed E-state index contributed by atoms with van der Waals surface area (Å²) >= 11 is 0. The second kappa shape index (κ2) is 2.84. The van der Waals surface area contributed by atoms with Gasteiger partial charge in [0, 0.05) is 12.1 Å². The zero-order chi connectivity index (χ0) is 7.72. The molecule has 1 fully saturated rings. The maximum absolute atomic E-state index is 9.15. The fourth-order valence-electron chi connectivity index (χ4n) is 1.24. The standard InChI is InChI=1S/C6H14N2O2/c7-5-3(9)1-2-4(10)6(5)8/h3-6,9-10H,1-2,7-8H2. The van der Waals surface area contributed by atoms with Crippen LogP contribution in [-0.2, 0) is 0 Å². The summed E-state index contributed by atoms with van der Waals surface area (Å²) in [5.41, 5.74) is 11.0. The second-order valence-corrected chi connectivity index (χ2v) is 2.87. The van der Waals surface area contributed by atoms with Crippen LogP contribution in [0.1, 0.15) is 12.8 Å². The number of nitrogens with two attached hydrogens (primary N) is 2. The molecule has 0 aliphatic heterocycles. The molecule has 10 heavy (non-hydrogen) atoms. The van der Waals surface area contributed by atoms with E-state index in [1.165, 1.54) is 0 Å². The third-order valence-corrected chi connectivity index (χ3v) is 2.09. The Balaban J connectivity index is 2.52. The molecular weight excluding hydrogens is 132 g/mol. The Bertz CT molecular complexity index is 106. The Morgan fingerprint density at radius 2 is 1.20 bits per heavy atom. The molecule has 4 atom stereocenters. The summed E-state index contributed by atoms with van der Waals surface area (Å²) in [5, 5.41) is 18.3. The van der Waals surface area contributed by atoms with Crippen molar-refractivity contribution in [3.05, 3.63) is 0 Å². The number of aliphatic hydroxyl groups excluding tert-OH is 2. The van der Waals surface area contributed by atoms with E-state index in [9.17, 15) is 0 Å². The minimum Gasteiger partial charge on any atom is -0.391 e. The van der Waals surface area contributed by atoms with Crippen LogP contribution in [0.15, 0.2) is 0 Å². The minimum atomic E-state index is -0.543. The van der Waals surface area contributed by atoms with E-state index >= 15 is 0 Å². The van der Waals surface area contributed by atoms with Gasteiger partial charge in [-0.05, 0) is 12.8 Å². The maximum atomic E-state index is 9.15. The summed E-state index contributed by atoms with van der Waals surface area (Å²) < 4.78 is 0. The van der Waals surface area contributed by atoms with E-state index in [4.69, 9.17) is 21.7 Å². The Morgan fingerprint density at radius 1 is 0.900 bits per heavy atom. The normalized spacial score (nSPS) is 49.2. The van der Waals surface area contributed by atoms with E-state index in [0.717, 1.165) is 0 Å². The lowest BCUT2D eigenvalue weighted by molar-refractivity contribution is 0.0214. The molecule has 0 aromatic heterocycles. The summed E-state index contributed by atoms with van der Waals surface area (Å²) in [6.07, 6.45) is 0.0169. The Hall–Kier alpha value is -0.160. The van der Waals surface area contributed by atoms with Crippen LogP contribution in [0.25, 0.3) is 0 Å². The molecule has 0 spiro atoms. The molecular formula is C6H14N2O2. The van der Waals surface area contributed by atoms with Gasteiger partial charge in [-0.2, -0.15) is 0 Å². The monoisotopic (exact) mass is 146 g/mol. The van der Waals surface area contributed by atoms with Crippen molar-refractivity contribution >= 4 is 0 Å². The molecule has 0 radical (unpaired) electrons. The largest absolute Gasteiger partial charge is 0.391 e. The molecule has 60 valence electrons. The topological polar surface area (TPSA) is 92.5 Å². The van der Waals surface area contributed by atoms with E-state index in [-0.39, 0.29) is 0 Å². The predicted molar refractivity (Wildman–Crippen MR) is 37.2 cm³/mol. The minimum absolute atomic E-state index is 0.469.